The first kappa shape index (κ1) is 20.1. The molecule has 0 saturated heterocycles. The predicted octanol–water partition coefficient (Wildman–Crippen LogP) is 4.05. The van der Waals surface area contributed by atoms with Gasteiger partial charge in [-0.05, 0) is 54.5 Å². The van der Waals surface area contributed by atoms with E-state index in [0.29, 0.717) is 17.4 Å². The van der Waals surface area contributed by atoms with E-state index in [4.69, 9.17) is 11.3 Å². The number of H-pyrrole nitrogens is 1. The summed E-state index contributed by atoms with van der Waals surface area (Å²) in [5, 5.41) is 2.84. The second-order valence-corrected chi connectivity index (χ2v) is 8.22. The molecule has 1 amide bonds. The third-order valence-corrected chi connectivity index (χ3v) is 6.42. The molecule has 1 atom stereocenters. The highest BCUT2D eigenvalue weighted by Crippen LogP contribution is 2.48. The van der Waals surface area contributed by atoms with Gasteiger partial charge in [0.15, 0.2) is 0 Å². The monoisotopic (exact) mass is 407 g/mol. The van der Waals surface area contributed by atoms with Crippen LogP contribution in [0.2, 0.25) is 0 Å². The maximum atomic E-state index is 13.2. The number of hydrogen-bond acceptors (Lipinski definition) is 4. The second kappa shape index (κ2) is 8.70. The molecule has 2 saturated carbocycles. The molecule has 7 nitrogen and oxygen atoms in total. The van der Waals surface area contributed by atoms with Gasteiger partial charge in [0.05, 0.1) is 13.4 Å². The van der Waals surface area contributed by atoms with Crippen LogP contribution in [0.5, 0.6) is 0 Å². The van der Waals surface area contributed by atoms with Gasteiger partial charge in [0.1, 0.15) is 6.04 Å². The van der Waals surface area contributed by atoms with Crippen molar-refractivity contribution >= 4 is 17.6 Å². The summed E-state index contributed by atoms with van der Waals surface area (Å²) in [5.74, 6) is -0.0138. The molecule has 0 unspecified atom stereocenters. The first-order chi connectivity index (χ1) is 14.6. The highest BCUT2D eigenvalue weighted by molar-refractivity contribution is 5.98. The number of nitrogens with one attached hydrogen (secondary N) is 2. The molecule has 1 aromatic heterocycles. The number of hydrogen-bond donors (Lipinski definition) is 2. The quantitative estimate of drug-likeness (QED) is 0.678. The number of carbonyl (C=O) groups is 2. The van der Waals surface area contributed by atoms with E-state index in [0.717, 1.165) is 48.2 Å². The van der Waals surface area contributed by atoms with E-state index in [-0.39, 0.29) is 12.3 Å². The van der Waals surface area contributed by atoms with Crippen LogP contribution in [-0.2, 0) is 16.0 Å². The zero-order chi connectivity index (χ0) is 21.1. The Labute approximate surface area is 176 Å². The molecule has 156 valence electrons. The van der Waals surface area contributed by atoms with Gasteiger partial charge in [-0.3, -0.25) is 4.79 Å². The first-order valence-electron chi connectivity index (χ1n) is 10.6. The highest BCUT2D eigenvalue weighted by Gasteiger charge is 2.35. The lowest BCUT2D eigenvalue weighted by Crippen LogP contribution is -2.43. The summed E-state index contributed by atoms with van der Waals surface area (Å²) >= 11 is 0. The summed E-state index contributed by atoms with van der Waals surface area (Å²) in [6.07, 6.45) is 10.1. The third kappa shape index (κ3) is 3.95. The van der Waals surface area contributed by atoms with E-state index in [1.54, 1.807) is 6.20 Å². The van der Waals surface area contributed by atoms with Gasteiger partial charge in [0, 0.05) is 35.0 Å². The number of carbonyl (C=O) groups excluding carboxylic acids is 2. The van der Waals surface area contributed by atoms with Crippen molar-refractivity contribution in [1.82, 2.24) is 15.3 Å². The van der Waals surface area contributed by atoms with Crippen molar-refractivity contribution in [3.8, 4) is 6.57 Å². The van der Waals surface area contributed by atoms with Crippen molar-refractivity contribution < 1.29 is 14.3 Å². The van der Waals surface area contributed by atoms with Crippen LogP contribution in [0.25, 0.3) is 4.85 Å². The van der Waals surface area contributed by atoms with Crippen LogP contribution in [0.4, 0.5) is 5.69 Å². The SMILES string of the molecule is C#[N+]c1c(C2CCC2)cc(C(=O)N[C@H](Cc2cnc[nH]2)C(=O)OC)cc1C1CCC1. The number of benzene rings is 1. The van der Waals surface area contributed by atoms with Crippen LogP contribution in [0, 0.1) is 6.57 Å². The number of rotatable bonds is 7. The van der Waals surface area contributed by atoms with Crippen LogP contribution in [-0.4, -0.2) is 35.0 Å². The lowest BCUT2D eigenvalue weighted by molar-refractivity contribution is -0.142. The standard InChI is InChI=1S/C23H26N4O3/c1-24-21-18(14-5-3-6-14)9-16(10-19(21)15-7-4-8-15)22(28)27-20(23(29)30-2)11-17-12-25-13-26-17/h1,9-10,12-15,20H,3-8,11H2,2H3,(H-,25,26,27,28)/p+1/t20-/m1/s1. The molecule has 0 radical (unpaired) electrons. The van der Waals surface area contributed by atoms with E-state index in [1.807, 2.05) is 12.1 Å². The number of amides is 1. The first-order valence-corrected chi connectivity index (χ1v) is 10.6. The summed E-state index contributed by atoms with van der Waals surface area (Å²) < 4.78 is 4.89. The average molecular weight is 407 g/mol. The summed E-state index contributed by atoms with van der Waals surface area (Å²) in [6, 6.07) is 3.00. The molecule has 1 heterocycles. The lowest BCUT2D eigenvalue weighted by atomic mass is 9.74. The number of ether oxygens (including phenoxy) is 1. The minimum absolute atomic E-state index is 0.277. The smallest absolute Gasteiger partial charge is 0.346 e. The average Bonchev–Trinajstić information content (AvgIpc) is 3.17. The topological polar surface area (TPSA) is 88.4 Å². The predicted molar refractivity (Wildman–Crippen MR) is 113 cm³/mol. The molecule has 0 aliphatic heterocycles. The Morgan fingerprint density at radius 1 is 1.23 bits per heavy atom. The molecule has 2 aliphatic rings. The summed E-state index contributed by atoms with van der Waals surface area (Å²) in [5.41, 5.74) is 4.25. The Morgan fingerprint density at radius 3 is 2.30 bits per heavy atom. The summed E-state index contributed by atoms with van der Waals surface area (Å²) in [7, 11) is 1.31. The fraction of sp³-hybridized carbons (Fsp3) is 0.478. The molecular formula is C23H27N4O3+. The van der Waals surface area contributed by atoms with Crippen LogP contribution in [0.3, 0.4) is 0 Å². The van der Waals surface area contributed by atoms with E-state index < -0.39 is 12.0 Å². The van der Waals surface area contributed by atoms with Crippen molar-refractivity contribution in [3.63, 3.8) is 0 Å². The van der Waals surface area contributed by atoms with Crippen LogP contribution < -0.4 is 5.32 Å². The number of esters is 1. The van der Waals surface area contributed by atoms with Gasteiger partial charge in [-0.1, -0.05) is 12.8 Å². The molecular weight excluding hydrogens is 380 g/mol. The number of aromatic amines is 1. The van der Waals surface area contributed by atoms with E-state index in [9.17, 15) is 9.59 Å². The van der Waals surface area contributed by atoms with Crippen LogP contribution in [0.1, 0.15) is 77.5 Å². The largest absolute Gasteiger partial charge is 0.467 e. The van der Waals surface area contributed by atoms with Gasteiger partial charge in [-0.15, -0.1) is 0 Å². The molecule has 1 aromatic carbocycles. The Kier molecular flexibility index (Phi) is 5.84. The van der Waals surface area contributed by atoms with Gasteiger partial charge >= 0.3 is 11.7 Å². The van der Waals surface area contributed by atoms with Gasteiger partial charge in [-0.2, -0.15) is 0 Å². The fourth-order valence-electron chi connectivity index (χ4n) is 4.21. The van der Waals surface area contributed by atoms with Crippen molar-refractivity contribution in [2.75, 3.05) is 7.11 Å². The van der Waals surface area contributed by atoms with E-state index in [2.05, 4.69) is 20.1 Å². The Hall–Kier alpha value is -3.14. The lowest BCUT2D eigenvalue weighted by Gasteiger charge is -2.29. The zero-order valence-corrected chi connectivity index (χ0v) is 17.2. The minimum atomic E-state index is -0.805. The molecule has 0 bridgehead atoms. The number of methoxy groups -OCH3 is 1. The number of imidazole rings is 1. The van der Waals surface area contributed by atoms with Gasteiger partial charge in [0.2, 0.25) is 0 Å². The maximum absolute atomic E-state index is 13.2. The van der Waals surface area contributed by atoms with Gasteiger partial charge < -0.3 is 15.0 Å². The highest BCUT2D eigenvalue weighted by atomic mass is 16.5. The molecule has 30 heavy (non-hydrogen) atoms. The molecule has 2 aromatic rings. The molecule has 4 rings (SSSR count). The van der Waals surface area contributed by atoms with E-state index in [1.165, 1.54) is 26.3 Å². The normalized spacial score (nSPS) is 17.3. The maximum Gasteiger partial charge on any atom is 0.346 e. The van der Waals surface area contributed by atoms with Crippen molar-refractivity contribution in [1.29, 1.82) is 0 Å². The third-order valence-electron chi connectivity index (χ3n) is 6.42. The molecule has 7 heteroatoms. The zero-order valence-electron chi connectivity index (χ0n) is 17.2. The Bertz CT molecular complexity index is 934. The van der Waals surface area contributed by atoms with E-state index >= 15 is 0 Å². The Balaban J connectivity index is 1.63. The van der Waals surface area contributed by atoms with Crippen molar-refractivity contribution in [2.24, 2.45) is 0 Å². The van der Waals surface area contributed by atoms with Gasteiger partial charge in [-0.25, -0.2) is 9.78 Å². The minimum Gasteiger partial charge on any atom is -0.467 e. The number of aromatic nitrogens is 2. The van der Waals surface area contributed by atoms with Gasteiger partial charge in [0.25, 0.3) is 12.5 Å². The van der Waals surface area contributed by atoms with Crippen molar-refractivity contribution in [2.45, 2.75) is 62.8 Å². The summed E-state index contributed by atoms with van der Waals surface area (Å²) in [6.45, 7) is 5.78. The van der Waals surface area contributed by atoms with Crippen LogP contribution >= 0.6 is 0 Å². The molecule has 0 spiro atoms. The van der Waals surface area contributed by atoms with Crippen molar-refractivity contribution in [3.05, 3.63) is 51.9 Å². The molecule has 2 fully saturated rings. The molecule has 2 N–H and O–H groups in total. The second-order valence-electron chi connectivity index (χ2n) is 8.22. The summed E-state index contributed by atoms with van der Waals surface area (Å²) in [4.78, 5) is 36.5. The fourth-order valence-corrected chi connectivity index (χ4v) is 4.21. The number of nitrogens with zero attached hydrogens (tertiary/aromatic N) is 2. The Morgan fingerprint density at radius 2 is 1.87 bits per heavy atom. The van der Waals surface area contributed by atoms with Crippen LogP contribution in [0.15, 0.2) is 24.7 Å². The molecule has 2 aliphatic carbocycles.